The molecule has 0 radical (unpaired) electrons. The first kappa shape index (κ1) is 13.6. The third kappa shape index (κ3) is 3.12. The zero-order valence-electron chi connectivity index (χ0n) is 10.9. The van der Waals surface area contributed by atoms with Crippen molar-refractivity contribution in [2.24, 2.45) is 0 Å². The van der Waals surface area contributed by atoms with E-state index >= 15 is 0 Å². The van der Waals surface area contributed by atoms with Gasteiger partial charge in [0, 0.05) is 9.75 Å². The van der Waals surface area contributed by atoms with E-state index in [1.54, 1.807) is 11.3 Å². The van der Waals surface area contributed by atoms with Gasteiger partial charge >= 0.3 is 5.97 Å². The second kappa shape index (κ2) is 6.34. The summed E-state index contributed by atoms with van der Waals surface area (Å²) in [5.74, 6) is -0.707. The lowest BCUT2D eigenvalue weighted by Gasteiger charge is -2.26. The third-order valence-electron chi connectivity index (χ3n) is 3.54. The van der Waals surface area contributed by atoms with Gasteiger partial charge < -0.3 is 5.11 Å². The molecule has 2 heterocycles. The molecule has 0 saturated carbocycles. The predicted octanol–water partition coefficient (Wildman–Crippen LogP) is 3.31. The summed E-state index contributed by atoms with van der Waals surface area (Å²) < 4.78 is 0. The molecular weight excluding hydrogens is 246 g/mol. The van der Waals surface area contributed by atoms with Gasteiger partial charge in [0.05, 0.1) is 0 Å². The van der Waals surface area contributed by atoms with Gasteiger partial charge in [-0.25, -0.2) is 0 Å². The molecule has 1 saturated heterocycles. The molecule has 1 unspecified atom stereocenters. The summed E-state index contributed by atoms with van der Waals surface area (Å²) in [5, 5.41) is 9.52. The molecule has 1 aromatic rings. The Kier molecular flexibility index (Phi) is 4.78. The summed E-state index contributed by atoms with van der Waals surface area (Å²) in [6, 6.07) is 3.62. The van der Waals surface area contributed by atoms with Crippen LogP contribution in [0, 0.1) is 0 Å². The van der Waals surface area contributed by atoms with Crippen molar-refractivity contribution in [1.82, 2.24) is 4.90 Å². The van der Waals surface area contributed by atoms with Crippen molar-refractivity contribution in [1.29, 1.82) is 0 Å². The highest BCUT2D eigenvalue weighted by molar-refractivity contribution is 7.12. The lowest BCUT2D eigenvalue weighted by Crippen LogP contribution is -2.34. The number of carboxylic acid groups (broad SMARTS) is 1. The summed E-state index contributed by atoms with van der Waals surface area (Å²) in [4.78, 5) is 16.0. The summed E-state index contributed by atoms with van der Waals surface area (Å²) in [6.45, 7) is 3.93. The van der Waals surface area contributed by atoms with Crippen molar-refractivity contribution < 1.29 is 9.90 Å². The molecule has 1 aliphatic heterocycles. The maximum absolute atomic E-state index is 11.6. The summed E-state index contributed by atoms with van der Waals surface area (Å²) in [6.07, 6.45) is 5.68. The molecule has 0 aromatic carbocycles. The van der Waals surface area contributed by atoms with Gasteiger partial charge in [-0.2, -0.15) is 0 Å². The third-order valence-corrected chi connectivity index (χ3v) is 4.82. The number of hydrogen-bond donors (Lipinski definition) is 1. The lowest BCUT2D eigenvalue weighted by atomic mass is 10.2. The molecule has 0 aliphatic carbocycles. The molecule has 1 atom stereocenters. The van der Waals surface area contributed by atoms with Crippen LogP contribution >= 0.6 is 11.3 Å². The minimum absolute atomic E-state index is 0.437. The van der Waals surface area contributed by atoms with E-state index in [0.29, 0.717) is 0 Å². The van der Waals surface area contributed by atoms with Crippen LogP contribution < -0.4 is 0 Å². The number of hydrogen-bond acceptors (Lipinski definition) is 3. The van der Waals surface area contributed by atoms with Gasteiger partial charge in [-0.3, -0.25) is 9.69 Å². The molecule has 100 valence electrons. The van der Waals surface area contributed by atoms with Crippen LogP contribution in [0.4, 0.5) is 0 Å². The van der Waals surface area contributed by atoms with Crippen molar-refractivity contribution in [3.05, 3.63) is 21.9 Å². The lowest BCUT2D eigenvalue weighted by molar-refractivity contribution is -0.143. The molecule has 18 heavy (non-hydrogen) atoms. The highest BCUT2D eigenvalue weighted by atomic mass is 32.1. The van der Waals surface area contributed by atoms with Crippen LogP contribution in [0.3, 0.4) is 0 Å². The molecule has 0 amide bonds. The fourth-order valence-electron chi connectivity index (χ4n) is 2.54. The zero-order valence-corrected chi connectivity index (χ0v) is 11.7. The molecule has 1 aliphatic rings. The van der Waals surface area contributed by atoms with Gasteiger partial charge in [0.25, 0.3) is 0 Å². The van der Waals surface area contributed by atoms with E-state index in [-0.39, 0.29) is 0 Å². The second-order valence-electron chi connectivity index (χ2n) is 4.85. The minimum atomic E-state index is -0.707. The monoisotopic (exact) mass is 267 g/mol. The maximum atomic E-state index is 11.6. The second-order valence-corrected chi connectivity index (χ2v) is 6.05. The first-order chi connectivity index (χ1) is 8.72. The Bertz CT molecular complexity index is 394. The SMILES string of the molecule is CCc1ccc(C(C(=O)O)N2CCCCCC2)s1. The van der Waals surface area contributed by atoms with Gasteiger partial charge in [0.15, 0.2) is 0 Å². The molecule has 1 N–H and O–H groups in total. The van der Waals surface area contributed by atoms with E-state index in [4.69, 9.17) is 0 Å². The molecule has 3 nitrogen and oxygen atoms in total. The van der Waals surface area contributed by atoms with E-state index in [1.807, 2.05) is 6.07 Å². The van der Waals surface area contributed by atoms with Crippen molar-refractivity contribution >= 4 is 17.3 Å². The number of aliphatic carboxylic acids is 1. The molecule has 4 heteroatoms. The number of carbonyl (C=O) groups is 1. The Morgan fingerprint density at radius 1 is 1.33 bits per heavy atom. The van der Waals surface area contributed by atoms with Gasteiger partial charge in [-0.1, -0.05) is 19.8 Å². The van der Waals surface area contributed by atoms with Crippen LogP contribution in [0.1, 0.15) is 48.4 Å². The smallest absolute Gasteiger partial charge is 0.326 e. The van der Waals surface area contributed by atoms with Crippen LogP contribution in [0.2, 0.25) is 0 Å². The fraction of sp³-hybridized carbons (Fsp3) is 0.643. The van der Waals surface area contributed by atoms with Crippen LogP contribution in [0.15, 0.2) is 12.1 Å². The molecule has 1 aromatic heterocycles. The first-order valence-corrected chi connectivity index (χ1v) is 7.59. The summed E-state index contributed by atoms with van der Waals surface area (Å²) in [5.41, 5.74) is 0. The van der Waals surface area contributed by atoms with Crippen LogP contribution in [0.25, 0.3) is 0 Å². The predicted molar refractivity (Wildman–Crippen MR) is 74.1 cm³/mol. The van der Waals surface area contributed by atoms with Gasteiger partial charge in [0.2, 0.25) is 0 Å². The van der Waals surface area contributed by atoms with Crippen molar-refractivity contribution in [3.8, 4) is 0 Å². The first-order valence-electron chi connectivity index (χ1n) is 6.78. The van der Waals surface area contributed by atoms with Gasteiger partial charge in [-0.15, -0.1) is 11.3 Å². The molecule has 0 spiro atoms. The van der Waals surface area contributed by atoms with Crippen LogP contribution in [-0.2, 0) is 11.2 Å². The summed E-state index contributed by atoms with van der Waals surface area (Å²) >= 11 is 1.65. The van der Waals surface area contributed by atoms with Crippen molar-refractivity contribution in [2.75, 3.05) is 13.1 Å². The van der Waals surface area contributed by atoms with Crippen molar-refractivity contribution in [2.45, 2.75) is 45.1 Å². The quantitative estimate of drug-likeness (QED) is 0.910. The van der Waals surface area contributed by atoms with E-state index in [1.165, 1.54) is 17.7 Å². The molecular formula is C14H21NO2S. The Morgan fingerprint density at radius 3 is 2.50 bits per heavy atom. The van der Waals surface area contributed by atoms with Gasteiger partial charge in [-0.05, 0) is 44.5 Å². The average Bonchev–Trinajstić information content (AvgIpc) is 2.65. The number of rotatable bonds is 4. The normalized spacial score (nSPS) is 19.4. The Balaban J connectivity index is 2.18. The number of aryl methyl sites for hydroxylation is 1. The Labute approximate surface area is 112 Å². The van der Waals surface area contributed by atoms with E-state index in [2.05, 4.69) is 17.9 Å². The maximum Gasteiger partial charge on any atom is 0.326 e. The van der Waals surface area contributed by atoms with Crippen molar-refractivity contribution in [3.63, 3.8) is 0 Å². The summed E-state index contributed by atoms with van der Waals surface area (Å²) in [7, 11) is 0. The number of nitrogens with zero attached hydrogens (tertiary/aromatic N) is 1. The minimum Gasteiger partial charge on any atom is -0.480 e. The Morgan fingerprint density at radius 2 is 2.00 bits per heavy atom. The standard InChI is InChI=1S/C14H21NO2S/c1-2-11-7-8-12(18-11)13(14(16)17)15-9-5-3-4-6-10-15/h7-8,13H,2-6,9-10H2,1H3,(H,16,17). The Hall–Kier alpha value is -0.870. The molecule has 2 rings (SSSR count). The van der Waals surface area contributed by atoms with E-state index < -0.39 is 12.0 Å². The highest BCUT2D eigenvalue weighted by Gasteiger charge is 2.28. The van der Waals surface area contributed by atoms with Gasteiger partial charge in [0.1, 0.15) is 6.04 Å². The molecule has 0 bridgehead atoms. The average molecular weight is 267 g/mol. The number of thiophene rings is 1. The topological polar surface area (TPSA) is 40.5 Å². The van der Waals surface area contributed by atoms with Crippen LogP contribution in [-0.4, -0.2) is 29.1 Å². The van der Waals surface area contributed by atoms with Crippen LogP contribution in [0.5, 0.6) is 0 Å². The van der Waals surface area contributed by atoms with E-state index in [9.17, 15) is 9.90 Å². The molecule has 1 fully saturated rings. The number of carboxylic acids is 1. The number of likely N-dealkylation sites (tertiary alicyclic amines) is 1. The largest absolute Gasteiger partial charge is 0.480 e. The fourth-order valence-corrected chi connectivity index (χ4v) is 3.62. The highest BCUT2D eigenvalue weighted by Crippen LogP contribution is 2.30. The van der Waals surface area contributed by atoms with E-state index in [0.717, 1.165) is 37.2 Å². The zero-order chi connectivity index (χ0) is 13.0.